The van der Waals surface area contributed by atoms with Gasteiger partial charge in [-0.25, -0.2) is 0 Å². The molecular weight excluding hydrogens is 180 g/mol. The Morgan fingerprint density at radius 1 is 1.29 bits per heavy atom. The van der Waals surface area contributed by atoms with Gasteiger partial charge in [0.15, 0.2) is 0 Å². The van der Waals surface area contributed by atoms with Crippen molar-refractivity contribution < 1.29 is 14.3 Å². The molecule has 0 amide bonds. The summed E-state index contributed by atoms with van der Waals surface area (Å²) in [6.07, 6.45) is 4.72. The lowest BCUT2D eigenvalue weighted by atomic mass is 10.0. The van der Waals surface area contributed by atoms with Crippen LogP contribution in [0.4, 0.5) is 0 Å². The van der Waals surface area contributed by atoms with Crippen molar-refractivity contribution in [1.82, 2.24) is 0 Å². The van der Waals surface area contributed by atoms with Gasteiger partial charge in [-0.05, 0) is 6.42 Å². The molecule has 0 saturated carbocycles. The maximum atomic E-state index is 10.6. The molecule has 0 aromatic carbocycles. The number of carbonyl (C=O) groups is 1. The van der Waals surface area contributed by atoms with Crippen LogP contribution >= 0.6 is 0 Å². The zero-order valence-electron chi connectivity index (χ0n) is 9.54. The Labute approximate surface area is 86.8 Å². The summed E-state index contributed by atoms with van der Waals surface area (Å²) in [5.74, 6) is 0.150. The van der Waals surface area contributed by atoms with Crippen molar-refractivity contribution in [2.24, 2.45) is 5.92 Å². The minimum absolute atomic E-state index is 0.207. The van der Waals surface area contributed by atoms with Crippen LogP contribution in [0.2, 0.25) is 0 Å². The lowest BCUT2D eigenvalue weighted by molar-refractivity contribution is -0.142. The molecule has 0 N–H and O–H groups in total. The normalized spacial score (nSPS) is 12.5. The summed E-state index contributed by atoms with van der Waals surface area (Å²) in [5.41, 5.74) is 0. The van der Waals surface area contributed by atoms with E-state index in [2.05, 4.69) is 6.92 Å². The third-order valence-corrected chi connectivity index (χ3v) is 2.14. The van der Waals surface area contributed by atoms with Crippen LogP contribution in [0.5, 0.6) is 0 Å². The molecule has 0 aliphatic carbocycles. The molecule has 0 heterocycles. The van der Waals surface area contributed by atoms with E-state index < -0.39 is 0 Å². The molecule has 0 fully saturated rings. The third-order valence-electron chi connectivity index (χ3n) is 2.14. The lowest BCUT2D eigenvalue weighted by Gasteiger charge is -2.15. The first-order valence-corrected chi connectivity index (χ1v) is 5.33. The molecule has 84 valence electrons. The molecule has 14 heavy (non-hydrogen) atoms. The summed E-state index contributed by atoms with van der Waals surface area (Å²) in [7, 11) is 1.68. The Morgan fingerprint density at radius 2 is 2.00 bits per heavy atom. The molecule has 0 saturated heterocycles. The Morgan fingerprint density at radius 3 is 2.50 bits per heavy atom. The van der Waals surface area contributed by atoms with E-state index >= 15 is 0 Å². The molecule has 0 aromatic rings. The smallest absolute Gasteiger partial charge is 0.302 e. The molecule has 1 unspecified atom stereocenters. The first-order valence-electron chi connectivity index (χ1n) is 5.33. The van der Waals surface area contributed by atoms with Crippen molar-refractivity contribution in [3.05, 3.63) is 0 Å². The van der Waals surface area contributed by atoms with Crippen LogP contribution in [0.15, 0.2) is 0 Å². The number of unbranched alkanes of at least 4 members (excludes halogenated alkanes) is 2. The highest BCUT2D eigenvalue weighted by atomic mass is 16.5. The van der Waals surface area contributed by atoms with Gasteiger partial charge in [0.2, 0.25) is 0 Å². The van der Waals surface area contributed by atoms with E-state index in [-0.39, 0.29) is 5.97 Å². The molecular formula is C11H22O3. The summed E-state index contributed by atoms with van der Waals surface area (Å²) >= 11 is 0. The van der Waals surface area contributed by atoms with Gasteiger partial charge in [-0.2, -0.15) is 0 Å². The van der Waals surface area contributed by atoms with Crippen LogP contribution in [-0.2, 0) is 14.3 Å². The largest absolute Gasteiger partial charge is 0.465 e. The van der Waals surface area contributed by atoms with Crippen LogP contribution in [-0.4, -0.2) is 26.3 Å². The van der Waals surface area contributed by atoms with Crippen molar-refractivity contribution in [3.63, 3.8) is 0 Å². The average molecular weight is 202 g/mol. The summed E-state index contributed by atoms with van der Waals surface area (Å²) in [4.78, 5) is 10.6. The van der Waals surface area contributed by atoms with Gasteiger partial charge in [0, 0.05) is 20.0 Å². The predicted octanol–water partition coefficient (Wildman–Crippen LogP) is 2.39. The Bertz CT molecular complexity index is 145. The van der Waals surface area contributed by atoms with Crippen molar-refractivity contribution in [3.8, 4) is 0 Å². The molecule has 0 spiro atoms. The zero-order valence-corrected chi connectivity index (χ0v) is 9.54. The summed E-state index contributed by atoms with van der Waals surface area (Å²) in [6, 6.07) is 0. The molecule has 0 rings (SSSR count). The van der Waals surface area contributed by atoms with E-state index in [4.69, 9.17) is 9.47 Å². The molecule has 0 aliphatic rings. The van der Waals surface area contributed by atoms with Crippen molar-refractivity contribution in [2.45, 2.75) is 39.5 Å². The topological polar surface area (TPSA) is 35.5 Å². The first kappa shape index (κ1) is 13.4. The molecule has 1 atom stereocenters. The highest BCUT2D eigenvalue weighted by Crippen LogP contribution is 2.11. The summed E-state index contributed by atoms with van der Waals surface area (Å²) in [5, 5.41) is 0. The fourth-order valence-corrected chi connectivity index (χ4v) is 1.37. The summed E-state index contributed by atoms with van der Waals surface area (Å²) in [6.45, 7) is 4.79. The van der Waals surface area contributed by atoms with Crippen LogP contribution < -0.4 is 0 Å². The van der Waals surface area contributed by atoms with Crippen molar-refractivity contribution in [1.29, 1.82) is 0 Å². The highest BCUT2D eigenvalue weighted by molar-refractivity contribution is 5.65. The Hall–Kier alpha value is -0.570. The average Bonchev–Trinajstić information content (AvgIpc) is 2.14. The predicted molar refractivity (Wildman–Crippen MR) is 56.1 cm³/mol. The van der Waals surface area contributed by atoms with Crippen molar-refractivity contribution in [2.75, 3.05) is 20.3 Å². The molecule has 0 radical (unpaired) electrons. The molecule has 0 aromatic heterocycles. The minimum atomic E-state index is -0.207. The van der Waals surface area contributed by atoms with Crippen molar-refractivity contribution >= 4 is 5.97 Å². The maximum Gasteiger partial charge on any atom is 0.302 e. The SMILES string of the molecule is CCCCCC(COC)COC(C)=O. The number of rotatable bonds is 8. The first-order chi connectivity index (χ1) is 6.70. The van der Waals surface area contributed by atoms with E-state index in [0.29, 0.717) is 19.1 Å². The second kappa shape index (κ2) is 9.00. The standard InChI is InChI=1S/C11H22O3/c1-4-5-6-7-11(8-13-3)9-14-10(2)12/h11H,4-9H2,1-3H3. The number of hydrogen-bond acceptors (Lipinski definition) is 3. The molecule has 0 bridgehead atoms. The number of ether oxygens (including phenoxy) is 2. The van der Waals surface area contributed by atoms with Gasteiger partial charge >= 0.3 is 5.97 Å². The fourth-order valence-electron chi connectivity index (χ4n) is 1.37. The van der Waals surface area contributed by atoms with Gasteiger partial charge in [-0.1, -0.05) is 26.2 Å². The van der Waals surface area contributed by atoms with Gasteiger partial charge in [-0.15, -0.1) is 0 Å². The molecule has 3 nitrogen and oxygen atoms in total. The van der Waals surface area contributed by atoms with Gasteiger partial charge < -0.3 is 9.47 Å². The van der Waals surface area contributed by atoms with Gasteiger partial charge in [0.25, 0.3) is 0 Å². The monoisotopic (exact) mass is 202 g/mol. The van der Waals surface area contributed by atoms with Crippen LogP contribution in [0.1, 0.15) is 39.5 Å². The van der Waals surface area contributed by atoms with E-state index in [1.165, 1.54) is 26.2 Å². The second-order valence-electron chi connectivity index (χ2n) is 3.62. The summed E-state index contributed by atoms with van der Waals surface area (Å²) < 4.78 is 10.0. The number of hydrogen-bond donors (Lipinski definition) is 0. The van der Waals surface area contributed by atoms with Gasteiger partial charge in [0.1, 0.15) is 0 Å². The number of methoxy groups -OCH3 is 1. The molecule has 0 aliphatic heterocycles. The Kier molecular flexibility index (Phi) is 8.64. The Balaban J connectivity index is 3.59. The number of carbonyl (C=O) groups excluding carboxylic acids is 1. The van der Waals surface area contributed by atoms with E-state index in [9.17, 15) is 4.79 Å². The van der Waals surface area contributed by atoms with E-state index in [1.54, 1.807) is 7.11 Å². The number of esters is 1. The van der Waals surface area contributed by atoms with Crippen LogP contribution in [0, 0.1) is 5.92 Å². The molecule has 3 heteroatoms. The highest BCUT2D eigenvalue weighted by Gasteiger charge is 2.09. The minimum Gasteiger partial charge on any atom is -0.465 e. The van der Waals surface area contributed by atoms with Crippen LogP contribution in [0.25, 0.3) is 0 Å². The quantitative estimate of drug-likeness (QED) is 0.448. The maximum absolute atomic E-state index is 10.6. The van der Waals surface area contributed by atoms with Gasteiger partial charge in [-0.3, -0.25) is 4.79 Å². The lowest BCUT2D eigenvalue weighted by Crippen LogP contribution is -2.17. The third kappa shape index (κ3) is 8.05. The fraction of sp³-hybridized carbons (Fsp3) is 0.909. The van der Waals surface area contributed by atoms with Crippen LogP contribution in [0.3, 0.4) is 0 Å². The van der Waals surface area contributed by atoms with Gasteiger partial charge in [0.05, 0.1) is 13.2 Å². The second-order valence-corrected chi connectivity index (χ2v) is 3.62. The van der Waals surface area contributed by atoms with E-state index in [1.807, 2.05) is 0 Å². The zero-order chi connectivity index (χ0) is 10.8. The van der Waals surface area contributed by atoms with E-state index in [0.717, 1.165) is 6.42 Å².